The van der Waals surface area contributed by atoms with Crippen LogP contribution in [0.25, 0.3) is 5.41 Å². The van der Waals surface area contributed by atoms with Crippen LogP contribution in [0, 0.1) is 0 Å². The molecule has 0 aliphatic carbocycles. The average Bonchev–Trinajstić information content (AvgIpc) is 2.33. The van der Waals surface area contributed by atoms with Gasteiger partial charge in [-0.25, -0.2) is 0 Å². The Balaban J connectivity index is 2.97. The molecule has 2 rings (SSSR count). The fraction of sp³-hybridized carbons (Fsp3) is 0. The third kappa shape index (κ3) is 0.733. The van der Waals surface area contributed by atoms with Crippen LogP contribution in [0.5, 0.6) is 0 Å². The van der Waals surface area contributed by atoms with Gasteiger partial charge in [-0.15, -0.1) is 0 Å². The second kappa shape index (κ2) is 1.84. The SMILES string of the molecule is C1=c2cccnc2=[N+]S1. The van der Waals surface area contributed by atoms with Crippen molar-refractivity contribution in [2.75, 3.05) is 0 Å². The van der Waals surface area contributed by atoms with E-state index >= 15 is 0 Å². The van der Waals surface area contributed by atoms with Gasteiger partial charge in [-0.05, 0) is 17.1 Å². The third-order valence-electron chi connectivity index (χ3n) is 1.14. The molecule has 0 aromatic carbocycles. The molecule has 0 saturated carbocycles. The molecule has 9 heavy (non-hydrogen) atoms. The van der Waals surface area contributed by atoms with E-state index in [1.54, 1.807) is 6.20 Å². The number of hydrogen-bond acceptors (Lipinski definition) is 3. The largest absolute Gasteiger partial charge is 0.380 e. The second-order valence-electron chi connectivity index (χ2n) is 1.73. The van der Waals surface area contributed by atoms with Gasteiger partial charge in [-0.3, -0.25) is 0 Å². The van der Waals surface area contributed by atoms with Crippen LogP contribution >= 0.6 is 11.9 Å². The average molecular weight is 136 g/mol. The summed E-state index contributed by atoms with van der Waals surface area (Å²) >= 11 is 1.44. The number of rotatable bonds is 0. The molecule has 0 atom stereocenters. The van der Waals surface area contributed by atoms with E-state index in [0.29, 0.717) is 0 Å². The maximum absolute atomic E-state index is 4.05. The summed E-state index contributed by atoms with van der Waals surface area (Å²) in [7, 11) is 0. The molecule has 1 aromatic heterocycles. The van der Waals surface area contributed by atoms with Gasteiger partial charge in [0.2, 0.25) is 0 Å². The van der Waals surface area contributed by atoms with E-state index in [9.17, 15) is 0 Å². The number of fused-ring (bicyclic) bond motifs is 1. The number of pyridine rings is 1. The Morgan fingerprint density at radius 1 is 1.56 bits per heavy atom. The Kier molecular flexibility index (Phi) is 1.02. The molecule has 0 N–H and O–H groups in total. The molecule has 3 heteroatoms. The number of aromatic nitrogens is 1. The van der Waals surface area contributed by atoms with E-state index in [4.69, 9.17) is 0 Å². The lowest BCUT2D eigenvalue weighted by atomic mass is 10.4. The summed E-state index contributed by atoms with van der Waals surface area (Å²) in [5.74, 6) is 0. The van der Waals surface area contributed by atoms with E-state index in [-0.39, 0.29) is 0 Å². The molecule has 0 unspecified atom stereocenters. The Morgan fingerprint density at radius 3 is 3.44 bits per heavy atom. The lowest BCUT2D eigenvalue weighted by molar-refractivity contribution is 1.13. The molecule has 0 saturated heterocycles. The molecule has 0 fully saturated rings. The molecular formula is C6H4N2S+. The first kappa shape index (κ1) is 4.99. The highest BCUT2D eigenvalue weighted by molar-refractivity contribution is 8.04. The van der Waals surface area contributed by atoms with Crippen molar-refractivity contribution in [2.24, 2.45) is 0 Å². The summed E-state index contributed by atoms with van der Waals surface area (Å²) < 4.78 is 4.05. The lowest BCUT2D eigenvalue weighted by Crippen LogP contribution is -2.27. The van der Waals surface area contributed by atoms with Crippen LogP contribution in [0.1, 0.15) is 0 Å². The predicted octanol–water partition coefficient (Wildman–Crippen LogP) is -0.563. The highest BCUT2D eigenvalue weighted by Gasteiger charge is 2.04. The highest BCUT2D eigenvalue weighted by Crippen LogP contribution is 1.92. The van der Waals surface area contributed by atoms with Crippen molar-refractivity contribution in [1.29, 1.82) is 0 Å². The van der Waals surface area contributed by atoms with Crippen LogP contribution in [0.4, 0.5) is 0 Å². The monoisotopic (exact) mass is 136 g/mol. The van der Waals surface area contributed by atoms with E-state index < -0.39 is 0 Å². The van der Waals surface area contributed by atoms with Crippen molar-refractivity contribution in [3.63, 3.8) is 0 Å². The molecule has 1 aromatic rings. The second-order valence-corrected chi connectivity index (χ2v) is 2.36. The Hall–Kier alpha value is -0.830. The van der Waals surface area contributed by atoms with Crippen LogP contribution < -0.4 is 15.1 Å². The minimum absolute atomic E-state index is 0.850. The molecule has 2 heterocycles. The van der Waals surface area contributed by atoms with Gasteiger partial charge in [0.15, 0.2) is 0 Å². The smallest absolute Gasteiger partial charge is 0.0448 e. The predicted molar refractivity (Wildman–Crippen MR) is 36.8 cm³/mol. The van der Waals surface area contributed by atoms with Crippen LogP contribution in [0.15, 0.2) is 18.3 Å². The molecule has 0 spiro atoms. The first-order chi connectivity index (χ1) is 4.47. The quantitative estimate of drug-likeness (QED) is 0.447. The zero-order valence-electron chi connectivity index (χ0n) is 4.61. The van der Waals surface area contributed by atoms with Gasteiger partial charge in [0.25, 0.3) is 0 Å². The van der Waals surface area contributed by atoms with Crippen molar-refractivity contribution < 1.29 is 0 Å². The van der Waals surface area contributed by atoms with Crippen LogP contribution in [-0.4, -0.2) is 4.98 Å². The van der Waals surface area contributed by atoms with Crippen LogP contribution in [0.2, 0.25) is 0 Å². The van der Waals surface area contributed by atoms with Gasteiger partial charge in [0, 0.05) is 9.81 Å². The van der Waals surface area contributed by atoms with Gasteiger partial charge in [0.05, 0.1) is 5.22 Å². The van der Waals surface area contributed by atoms with E-state index in [0.717, 1.165) is 10.7 Å². The van der Waals surface area contributed by atoms with Gasteiger partial charge in [-0.1, -0.05) is 0 Å². The molecule has 1 aliphatic rings. The zero-order chi connectivity index (χ0) is 6.10. The van der Waals surface area contributed by atoms with Crippen LogP contribution in [-0.2, 0) is 0 Å². The summed E-state index contributed by atoms with van der Waals surface area (Å²) in [6.45, 7) is 0. The first-order valence-electron chi connectivity index (χ1n) is 2.62. The van der Waals surface area contributed by atoms with Gasteiger partial charge < -0.3 is 0 Å². The zero-order valence-corrected chi connectivity index (χ0v) is 5.43. The molecule has 2 nitrogen and oxygen atoms in total. The third-order valence-corrected chi connectivity index (χ3v) is 1.77. The molecule has 0 bridgehead atoms. The van der Waals surface area contributed by atoms with Crippen molar-refractivity contribution >= 4 is 17.4 Å². The summed E-state index contributed by atoms with van der Waals surface area (Å²) in [5, 5.41) is 3.12. The minimum atomic E-state index is 0.850. The fourth-order valence-corrected chi connectivity index (χ4v) is 1.31. The molecule has 0 amide bonds. The topological polar surface area (TPSA) is 27.0 Å². The van der Waals surface area contributed by atoms with Gasteiger partial charge >= 0.3 is 5.49 Å². The Labute approximate surface area is 56.5 Å². The number of hydrogen-bond donors (Lipinski definition) is 0. The van der Waals surface area contributed by atoms with Crippen molar-refractivity contribution in [2.45, 2.75) is 0 Å². The molecular weight excluding hydrogens is 132 g/mol. The molecule has 43 valence electrons. The number of nitrogens with zero attached hydrogens (tertiary/aromatic N) is 2. The Bertz CT molecular complexity index is 298. The lowest BCUT2D eigenvalue weighted by Gasteiger charge is -1.66. The highest BCUT2D eigenvalue weighted by atomic mass is 32.2. The normalized spacial score (nSPS) is 13.8. The molecule has 1 aliphatic heterocycles. The minimum Gasteiger partial charge on any atom is -0.0448 e. The fourth-order valence-electron chi connectivity index (χ4n) is 0.711. The summed E-state index contributed by atoms with van der Waals surface area (Å²) in [5.41, 5.74) is 0.850. The van der Waals surface area contributed by atoms with E-state index in [1.165, 1.54) is 11.9 Å². The van der Waals surface area contributed by atoms with Crippen molar-refractivity contribution in [3.05, 3.63) is 29.0 Å². The summed E-state index contributed by atoms with van der Waals surface area (Å²) in [6.07, 6.45) is 1.75. The van der Waals surface area contributed by atoms with Crippen molar-refractivity contribution in [3.8, 4) is 0 Å². The van der Waals surface area contributed by atoms with Crippen molar-refractivity contribution in [1.82, 2.24) is 9.38 Å². The van der Waals surface area contributed by atoms with Gasteiger partial charge in [-0.2, -0.15) is 0 Å². The Morgan fingerprint density at radius 2 is 2.56 bits per heavy atom. The van der Waals surface area contributed by atoms with E-state index in [1.807, 2.05) is 17.5 Å². The summed E-state index contributed by atoms with van der Waals surface area (Å²) in [4.78, 5) is 4.04. The molecule has 1 radical (unpaired) electrons. The standard InChI is InChI=1S/C6H4N2S/c1-2-5-4-9-8-6(5)7-3-1/h1-4H/q+1. The first-order valence-corrected chi connectivity index (χ1v) is 3.45. The van der Waals surface area contributed by atoms with Crippen LogP contribution in [0.3, 0.4) is 0 Å². The summed E-state index contributed by atoms with van der Waals surface area (Å²) in [6, 6.07) is 3.92. The van der Waals surface area contributed by atoms with Gasteiger partial charge in [0.1, 0.15) is 18.1 Å². The maximum atomic E-state index is 4.05. The maximum Gasteiger partial charge on any atom is 0.380 e. The van der Waals surface area contributed by atoms with E-state index in [2.05, 4.69) is 9.38 Å².